The zero-order valence-electron chi connectivity index (χ0n) is 11.0. The lowest BCUT2D eigenvalue weighted by molar-refractivity contribution is 0.124. The van der Waals surface area contributed by atoms with Crippen LogP contribution in [0, 0.1) is 11.7 Å². The summed E-state index contributed by atoms with van der Waals surface area (Å²) in [5, 5.41) is 9.39. The van der Waals surface area contributed by atoms with Crippen LogP contribution in [0.2, 0.25) is 0 Å². The highest BCUT2D eigenvalue weighted by molar-refractivity contribution is 5.30. The van der Waals surface area contributed by atoms with Crippen molar-refractivity contribution < 1.29 is 14.2 Å². The Bertz CT molecular complexity index is 403. The molecule has 3 atom stereocenters. The highest BCUT2D eigenvalue weighted by Gasteiger charge is 2.21. The standard InChI is InChI=1S/C15H21FO2/c1-10-4-3-5-13(8-10)18-15-7-6-12(11(2)17)9-14(15)16/h6-7,9-11,13,17H,3-5,8H2,1-2H3. The Morgan fingerprint density at radius 1 is 1.39 bits per heavy atom. The van der Waals surface area contributed by atoms with E-state index in [1.807, 2.05) is 0 Å². The summed E-state index contributed by atoms with van der Waals surface area (Å²) < 4.78 is 19.6. The van der Waals surface area contributed by atoms with Crippen LogP contribution in [-0.4, -0.2) is 11.2 Å². The fourth-order valence-corrected chi connectivity index (χ4v) is 2.54. The first-order valence-corrected chi connectivity index (χ1v) is 6.70. The lowest BCUT2D eigenvalue weighted by Crippen LogP contribution is -2.24. The fraction of sp³-hybridized carbons (Fsp3) is 0.600. The molecule has 1 aromatic rings. The van der Waals surface area contributed by atoms with E-state index in [-0.39, 0.29) is 11.9 Å². The Kier molecular flexibility index (Phi) is 4.23. The summed E-state index contributed by atoms with van der Waals surface area (Å²) in [4.78, 5) is 0. The molecule has 0 aromatic heterocycles. The minimum absolute atomic E-state index is 0.126. The molecule has 1 aliphatic rings. The first kappa shape index (κ1) is 13.3. The molecule has 1 aliphatic carbocycles. The van der Waals surface area contributed by atoms with E-state index in [1.165, 1.54) is 12.5 Å². The highest BCUT2D eigenvalue weighted by atomic mass is 19.1. The molecule has 0 bridgehead atoms. The third kappa shape index (κ3) is 3.22. The summed E-state index contributed by atoms with van der Waals surface area (Å²) in [6.45, 7) is 3.83. The first-order valence-electron chi connectivity index (χ1n) is 6.70. The molecule has 1 fully saturated rings. The molecular weight excluding hydrogens is 231 g/mol. The van der Waals surface area contributed by atoms with Crippen LogP contribution in [-0.2, 0) is 0 Å². The van der Waals surface area contributed by atoms with Gasteiger partial charge in [-0.15, -0.1) is 0 Å². The minimum atomic E-state index is -0.650. The van der Waals surface area contributed by atoms with Gasteiger partial charge in [0.25, 0.3) is 0 Å². The second kappa shape index (κ2) is 5.70. The van der Waals surface area contributed by atoms with Gasteiger partial charge >= 0.3 is 0 Å². The fourth-order valence-electron chi connectivity index (χ4n) is 2.54. The third-order valence-corrected chi connectivity index (χ3v) is 3.62. The SMILES string of the molecule is CC1CCCC(Oc2ccc(C(C)O)cc2F)C1. The normalized spacial score (nSPS) is 25.8. The molecule has 0 aliphatic heterocycles. The number of ether oxygens (including phenoxy) is 1. The van der Waals surface area contributed by atoms with E-state index >= 15 is 0 Å². The van der Waals surface area contributed by atoms with Gasteiger partial charge < -0.3 is 9.84 Å². The maximum Gasteiger partial charge on any atom is 0.165 e. The van der Waals surface area contributed by atoms with Crippen molar-refractivity contribution >= 4 is 0 Å². The summed E-state index contributed by atoms with van der Waals surface area (Å²) in [5.41, 5.74) is 0.580. The quantitative estimate of drug-likeness (QED) is 0.885. The van der Waals surface area contributed by atoms with Crippen LogP contribution in [0.1, 0.15) is 51.2 Å². The monoisotopic (exact) mass is 252 g/mol. The van der Waals surface area contributed by atoms with Gasteiger partial charge in [0.2, 0.25) is 0 Å². The second-order valence-electron chi connectivity index (χ2n) is 5.38. The van der Waals surface area contributed by atoms with Crippen LogP contribution in [0.5, 0.6) is 5.75 Å². The summed E-state index contributed by atoms with van der Waals surface area (Å²) in [5.74, 6) is 0.577. The van der Waals surface area contributed by atoms with Crippen LogP contribution in [0.15, 0.2) is 18.2 Å². The molecule has 0 radical (unpaired) electrons. The van der Waals surface area contributed by atoms with Crippen molar-refractivity contribution in [2.45, 2.75) is 51.7 Å². The lowest BCUT2D eigenvalue weighted by Gasteiger charge is -2.27. The number of aliphatic hydroxyl groups is 1. The van der Waals surface area contributed by atoms with Gasteiger partial charge in [0.15, 0.2) is 11.6 Å². The summed E-state index contributed by atoms with van der Waals surface area (Å²) >= 11 is 0. The van der Waals surface area contributed by atoms with Gasteiger partial charge in [0.05, 0.1) is 12.2 Å². The van der Waals surface area contributed by atoms with Crippen molar-refractivity contribution in [3.05, 3.63) is 29.6 Å². The number of aliphatic hydroxyl groups excluding tert-OH is 1. The van der Waals surface area contributed by atoms with Gasteiger partial charge in [-0.25, -0.2) is 4.39 Å². The number of rotatable bonds is 3. The van der Waals surface area contributed by atoms with Crippen LogP contribution in [0.25, 0.3) is 0 Å². The zero-order chi connectivity index (χ0) is 13.1. The number of hydrogen-bond donors (Lipinski definition) is 1. The van der Waals surface area contributed by atoms with Crippen molar-refractivity contribution in [3.63, 3.8) is 0 Å². The molecule has 100 valence electrons. The van der Waals surface area contributed by atoms with E-state index in [9.17, 15) is 9.50 Å². The minimum Gasteiger partial charge on any atom is -0.487 e. The number of benzene rings is 1. The molecule has 0 amide bonds. The van der Waals surface area contributed by atoms with E-state index in [4.69, 9.17) is 4.74 Å². The molecule has 2 rings (SSSR count). The predicted molar refractivity (Wildman–Crippen MR) is 69.1 cm³/mol. The molecule has 18 heavy (non-hydrogen) atoms. The molecule has 0 saturated heterocycles. The Morgan fingerprint density at radius 2 is 2.17 bits per heavy atom. The Balaban J connectivity index is 2.05. The Morgan fingerprint density at radius 3 is 2.78 bits per heavy atom. The molecule has 1 N–H and O–H groups in total. The predicted octanol–water partition coefficient (Wildman–Crippen LogP) is 3.84. The van der Waals surface area contributed by atoms with E-state index in [2.05, 4.69) is 6.92 Å². The molecule has 3 heteroatoms. The Labute approximate surface area is 108 Å². The average Bonchev–Trinajstić information content (AvgIpc) is 2.31. The topological polar surface area (TPSA) is 29.5 Å². The van der Waals surface area contributed by atoms with Gasteiger partial charge in [-0.1, -0.05) is 19.4 Å². The van der Waals surface area contributed by atoms with Crippen molar-refractivity contribution in [2.24, 2.45) is 5.92 Å². The molecule has 0 spiro atoms. The molecule has 3 unspecified atom stereocenters. The number of halogens is 1. The second-order valence-corrected chi connectivity index (χ2v) is 5.38. The number of hydrogen-bond acceptors (Lipinski definition) is 2. The molecule has 2 nitrogen and oxygen atoms in total. The average molecular weight is 252 g/mol. The van der Waals surface area contributed by atoms with Crippen LogP contribution in [0.4, 0.5) is 4.39 Å². The van der Waals surface area contributed by atoms with Crippen LogP contribution < -0.4 is 4.74 Å². The van der Waals surface area contributed by atoms with Gasteiger partial charge in [0.1, 0.15) is 0 Å². The first-order chi connectivity index (χ1) is 8.56. The summed E-state index contributed by atoms with van der Waals surface area (Å²) in [7, 11) is 0. The molecule has 1 saturated carbocycles. The largest absolute Gasteiger partial charge is 0.487 e. The van der Waals surface area contributed by atoms with Gasteiger partial charge in [-0.2, -0.15) is 0 Å². The van der Waals surface area contributed by atoms with Crippen molar-refractivity contribution in [2.75, 3.05) is 0 Å². The van der Waals surface area contributed by atoms with E-state index in [0.717, 1.165) is 19.3 Å². The van der Waals surface area contributed by atoms with Crippen molar-refractivity contribution in [3.8, 4) is 5.75 Å². The lowest BCUT2D eigenvalue weighted by atomic mass is 9.89. The zero-order valence-corrected chi connectivity index (χ0v) is 11.0. The van der Waals surface area contributed by atoms with Gasteiger partial charge in [-0.05, 0) is 49.8 Å². The van der Waals surface area contributed by atoms with Gasteiger partial charge in [0, 0.05) is 0 Å². The van der Waals surface area contributed by atoms with E-state index in [1.54, 1.807) is 19.1 Å². The summed E-state index contributed by atoms with van der Waals surface area (Å²) in [6.07, 6.45) is 3.87. The van der Waals surface area contributed by atoms with Gasteiger partial charge in [-0.3, -0.25) is 0 Å². The van der Waals surface area contributed by atoms with Crippen molar-refractivity contribution in [1.29, 1.82) is 0 Å². The third-order valence-electron chi connectivity index (χ3n) is 3.62. The van der Waals surface area contributed by atoms with Crippen LogP contribution >= 0.6 is 0 Å². The Hall–Kier alpha value is -1.09. The van der Waals surface area contributed by atoms with E-state index in [0.29, 0.717) is 17.2 Å². The molecular formula is C15H21FO2. The van der Waals surface area contributed by atoms with Crippen LogP contribution in [0.3, 0.4) is 0 Å². The highest BCUT2D eigenvalue weighted by Crippen LogP contribution is 2.29. The molecule has 1 aromatic carbocycles. The summed E-state index contributed by atoms with van der Waals surface area (Å²) in [6, 6.07) is 4.69. The molecule has 0 heterocycles. The van der Waals surface area contributed by atoms with E-state index < -0.39 is 6.10 Å². The maximum absolute atomic E-state index is 13.8. The van der Waals surface area contributed by atoms with Crippen molar-refractivity contribution in [1.82, 2.24) is 0 Å². The smallest absolute Gasteiger partial charge is 0.165 e. The maximum atomic E-state index is 13.8.